The molecule has 2 rings (SSSR count). The number of oxime groups is 1. The number of amides is 1. The van der Waals surface area contributed by atoms with Gasteiger partial charge in [0.15, 0.2) is 0 Å². The van der Waals surface area contributed by atoms with Crippen LogP contribution in [-0.4, -0.2) is 32.4 Å². The Morgan fingerprint density at radius 2 is 1.92 bits per heavy atom. The molecule has 0 aliphatic carbocycles. The minimum Gasteiger partial charge on any atom is -0.507 e. The molecule has 7 heteroatoms. The lowest BCUT2D eigenvalue weighted by Crippen LogP contribution is -2.18. The quantitative estimate of drug-likeness (QED) is 0.587. The molecule has 0 atom stereocenters. The van der Waals surface area contributed by atoms with Crippen LogP contribution in [0, 0.1) is 0 Å². The van der Waals surface area contributed by atoms with Crippen LogP contribution in [0.5, 0.6) is 11.5 Å². The summed E-state index contributed by atoms with van der Waals surface area (Å²) in [6, 6.07) is 7.07. The number of pyridine rings is 1. The number of primary amides is 1. The van der Waals surface area contributed by atoms with E-state index in [0.717, 1.165) is 0 Å². The van der Waals surface area contributed by atoms with Crippen molar-refractivity contribution in [3.05, 3.63) is 53.3 Å². The summed E-state index contributed by atoms with van der Waals surface area (Å²) < 4.78 is 0. The summed E-state index contributed by atoms with van der Waals surface area (Å²) in [6.07, 6.45) is 1.47. The topological polar surface area (TPSA) is 118 Å². The number of rotatable bonds is 4. The smallest absolute Gasteiger partial charge is 0.248 e. The summed E-state index contributed by atoms with van der Waals surface area (Å²) in [6.45, 7) is 5.39. The second kappa shape index (κ2) is 6.57. The molecule has 126 valence electrons. The Morgan fingerprint density at radius 1 is 1.21 bits per heavy atom. The Hall–Kier alpha value is -3.09. The first-order chi connectivity index (χ1) is 11.2. The molecule has 0 spiro atoms. The lowest BCUT2D eigenvalue weighted by molar-refractivity contribution is 0.00108. The van der Waals surface area contributed by atoms with Gasteiger partial charge in [-0.3, -0.25) is 9.78 Å². The van der Waals surface area contributed by atoms with Crippen LogP contribution in [0.25, 0.3) is 0 Å². The zero-order valence-electron chi connectivity index (χ0n) is 13.6. The van der Waals surface area contributed by atoms with Gasteiger partial charge < -0.3 is 20.8 Å². The number of nitrogens with two attached hydrogens (primary N) is 1. The normalized spacial score (nSPS) is 12.0. The van der Waals surface area contributed by atoms with Crippen LogP contribution in [0.2, 0.25) is 0 Å². The van der Waals surface area contributed by atoms with Gasteiger partial charge in [0, 0.05) is 17.3 Å². The maximum absolute atomic E-state index is 11.4. The average molecular weight is 329 g/mol. The minimum absolute atomic E-state index is 0.0867. The highest BCUT2D eigenvalue weighted by atomic mass is 16.6. The Morgan fingerprint density at radius 3 is 2.50 bits per heavy atom. The number of carbonyl (C=O) groups excluding carboxylic acids is 1. The number of aromatic hydroxyl groups is 2. The predicted molar refractivity (Wildman–Crippen MR) is 89.0 cm³/mol. The molecule has 0 unspecified atom stereocenters. The molecule has 1 amide bonds. The third-order valence-electron chi connectivity index (χ3n) is 2.96. The monoisotopic (exact) mass is 329 g/mol. The summed E-state index contributed by atoms with van der Waals surface area (Å²) in [7, 11) is 0. The molecule has 0 saturated heterocycles. The Kier molecular flexibility index (Phi) is 4.73. The van der Waals surface area contributed by atoms with Crippen LogP contribution in [-0.2, 0) is 4.84 Å². The van der Waals surface area contributed by atoms with Crippen molar-refractivity contribution in [2.75, 3.05) is 0 Å². The molecule has 0 radical (unpaired) electrons. The van der Waals surface area contributed by atoms with Gasteiger partial charge in [-0.15, -0.1) is 0 Å². The number of phenols is 1. The molecule has 0 aliphatic heterocycles. The lowest BCUT2D eigenvalue weighted by atomic mass is 10.0. The summed E-state index contributed by atoms with van der Waals surface area (Å²) in [5, 5.41) is 24.3. The Labute approximate surface area is 139 Å². The van der Waals surface area contributed by atoms with E-state index in [4.69, 9.17) is 10.6 Å². The van der Waals surface area contributed by atoms with Crippen LogP contribution in [0.4, 0.5) is 0 Å². The summed E-state index contributed by atoms with van der Waals surface area (Å²) in [5.41, 5.74) is 5.23. The van der Waals surface area contributed by atoms with Crippen molar-refractivity contribution in [2.24, 2.45) is 10.9 Å². The number of benzene rings is 1. The summed E-state index contributed by atoms with van der Waals surface area (Å²) in [5.74, 6) is -0.948. The number of aromatic nitrogens is 1. The van der Waals surface area contributed by atoms with E-state index in [2.05, 4.69) is 10.1 Å². The first-order valence-corrected chi connectivity index (χ1v) is 7.23. The second-order valence-corrected chi connectivity index (χ2v) is 6.11. The van der Waals surface area contributed by atoms with Crippen molar-refractivity contribution in [1.29, 1.82) is 0 Å². The van der Waals surface area contributed by atoms with E-state index in [1.54, 1.807) is 26.8 Å². The van der Waals surface area contributed by atoms with Crippen LogP contribution < -0.4 is 5.73 Å². The molecular weight excluding hydrogens is 310 g/mol. The Bertz CT molecular complexity index is 795. The van der Waals surface area contributed by atoms with Gasteiger partial charge >= 0.3 is 0 Å². The van der Waals surface area contributed by atoms with Gasteiger partial charge in [-0.05, 0) is 51.1 Å². The lowest BCUT2D eigenvalue weighted by Gasteiger charge is -2.18. The van der Waals surface area contributed by atoms with Gasteiger partial charge in [-0.1, -0.05) is 5.16 Å². The van der Waals surface area contributed by atoms with E-state index in [9.17, 15) is 15.0 Å². The van der Waals surface area contributed by atoms with Crippen LogP contribution in [0.15, 0.2) is 41.7 Å². The van der Waals surface area contributed by atoms with Gasteiger partial charge in [0.05, 0.1) is 0 Å². The fraction of sp³-hybridized carbons (Fsp3) is 0.235. The van der Waals surface area contributed by atoms with Crippen LogP contribution in [0.3, 0.4) is 0 Å². The zero-order valence-corrected chi connectivity index (χ0v) is 13.6. The molecule has 0 aliphatic rings. The number of hydrogen-bond acceptors (Lipinski definition) is 6. The van der Waals surface area contributed by atoms with Crippen molar-refractivity contribution in [3.8, 4) is 11.5 Å². The third-order valence-corrected chi connectivity index (χ3v) is 2.96. The number of carbonyl (C=O) groups is 1. The highest BCUT2D eigenvalue weighted by molar-refractivity contribution is 6.15. The molecule has 4 N–H and O–H groups in total. The first kappa shape index (κ1) is 17.3. The van der Waals surface area contributed by atoms with Crippen LogP contribution in [0.1, 0.15) is 42.4 Å². The highest BCUT2D eigenvalue weighted by Crippen LogP contribution is 2.26. The molecular formula is C17H19N3O4. The van der Waals surface area contributed by atoms with Crippen LogP contribution >= 0.6 is 0 Å². The zero-order chi connectivity index (χ0) is 17.9. The molecule has 1 heterocycles. The molecule has 0 bridgehead atoms. The SMILES string of the molecule is CC(C)(C)O/N=C(\c1cc(C(N)=O)ccc1O)c1ncccc1O. The predicted octanol–water partition coefficient (Wildman–Crippen LogP) is 2.16. The summed E-state index contributed by atoms with van der Waals surface area (Å²) in [4.78, 5) is 20.9. The van der Waals surface area contributed by atoms with Crippen molar-refractivity contribution < 1.29 is 19.8 Å². The molecule has 1 aromatic heterocycles. The molecule has 0 saturated carbocycles. The average Bonchev–Trinajstić information content (AvgIpc) is 2.49. The Balaban J connectivity index is 2.65. The second-order valence-electron chi connectivity index (χ2n) is 6.11. The molecule has 0 fully saturated rings. The van der Waals surface area contributed by atoms with Crippen molar-refractivity contribution in [3.63, 3.8) is 0 Å². The number of nitrogens with zero attached hydrogens (tertiary/aromatic N) is 2. The number of hydrogen-bond donors (Lipinski definition) is 3. The van der Waals surface area contributed by atoms with E-state index in [0.29, 0.717) is 0 Å². The van der Waals surface area contributed by atoms with E-state index in [-0.39, 0.29) is 34.0 Å². The fourth-order valence-electron chi connectivity index (χ4n) is 1.86. The molecule has 7 nitrogen and oxygen atoms in total. The van der Waals surface area contributed by atoms with E-state index in [1.807, 2.05) is 0 Å². The van der Waals surface area contributed by atoms with Gasteiger partial charge in [0.25, 0.3) is 0 Å². The maximum atomic E-state index is 11.4. The van der Waals surface area contributed by atoms with Gasteiger partial charge in [0.1, 0.15) is 28.5 Å². The van der Waals surface area contributed by atoms with Crippen molar-refractivity contribution >= 4 is 11.6 Å². The summed E-state index contributed by atoms with van der Waals surface area (Å²) >= 11 is 0. The number of phenolic OH excluding ortho intramolecular Hbond substituents is 1. The molecule has 24 heavy (non-hydrogen) atoms. The van der Waals surface area contributed by atoms with Gasteiger partial charge in [-0.25, -0.2) is 0 Å². The fourth-order valence-corrected chi connectivity index (χ4v) is 1.86. The standard InChI is InChI=1S/C17H19N3O4/c1-17(2,3)24-20-14(15-13(22)5-4-8-19-15)11-9-10(16(18)23)6-7-12(11)21/h4-9,21-22H,1-3H3,(H2,18,23)/b20-14+. The molecule has 1 aromatic carbocycles. The third kappa shape index (κ3) is 4.01. The van der Waals surface area contributed by atoms with E-state index < -0.39 is 11.5 Å². The maximum Gasteiger partial charge on any atom is 0.248 e. The minimum atomic E-state index is -0.655. The molecule has 2 aromatic rings. The van der Waals surface area contributed by atoms with Crippen molar-refractivity contribution in [2.45, 2.75) is 26.4 Å². The van der Waals surface area contributed by atoms with E-state index >= 15 is 0 Å². The largest absolute Gasteiger partial charge is 0.507 e. The first-order valence-electron chi connectivity index (χ1n) is 7.23. The van der Waals surface area contributed by atoms with Gasteiger partial charge in [-0.2, -0.15) is 0 Å². The highest BCUT2D eigenvalue weighted by Gasteiger charge is 2.21. The van der Waals surface area contributed by atoms with E-state index in [1.165, 1.54) is 30.5 Å². The van der Waals surface area contributed by atoms with Gasteiger partial charge in [0.2, 0.25) is 5.91 Å². The van der Waals surface area contributed by atoms with Crippen molar-refractivity contribution in [1.82, 2.24) is 4.98 Å².